The molecule has 0 spiro atoms. The molecule has 0 radical (unpaired) electrons. The van der Waals surface area contributed by atoms with E-state index < -0.39 is 5.91 Å². The number of hydrogen-bond donors (Lipinski definition) is 3. The zero-order valence-electron chi connectivity index (χ0n) is 11.4. The second-order valence-electron chi connectivity index (χ2n) is 4.93. The lowest BCUT2D eigenvalue weighted by molar-refractivity contribution is -0.129. The number of anilines is 2. The molecule has 0 aliphatic carbocycles. The molecule has 1 saturated heterocycles. The highest BCUT2D eigenvalue weighted by molar-refractivity contribution is 5.98. The van der Waals surface area contributed by atoms with E-state index >= 15 is 0 Å². The van der Waals surface area contributed by atoms with Crippen molar-refractivity contribution in [2.24, 2.45) is 5.73 Å². The lowest BCUT2D eigenvalue weighted by Gasteiger charge is -2.15. The number of hydrogen-bond acceptors (Lipinski definition) is 4. The number of rotatable bonds is 5. The number of carbonyl (C=O) groups is 2. The van der Waals surface area contributed by atoms with Crippen molar-refractivity contribution in [3.8, 4) is 0 Å². The van der Waals surface area contributed by atoms with Crippen molar-refractivity contribution in [3.63, 3.8) is 0 Å². The monoisotopic (exact) mass is 276 g/mol. The Morgan fingerprint density at radius 2 is 1.95 bits per heavy atom. The number of nitrogens with zero attached hydrogens (tertiary/aromatic N) is 1. The van der Waals surface area contributed by atoms with Gasteiger partial charge in [0.2, 0.25) is 5.91 Å². The Bertz CT molecular complexity index is 510. The van der Waals surface area contributed by atoms with Gasteiger partial charge in [0, 0.05) is 37.4 Å². The molecular weight excluding hydrogens is 256 g/mol. The first kappa shape index (κ1) is 14.2. The van der Waals surface area contributed by atoms with E-state index in [0.717, 1.165) is 31.6 Å². The summed E-state index contributed by atoms with van der Waals surface area (Å²) in [6.45, 7) is 2.26. The topological polar surface area (TPSA) is 101 Å². The molecule has 0 saturated carbocycles. The van der Waals surface area contributed by atoms with E-state index in [2.05, 4.69) is 5.32 Å². The summed E-state index contributed by atoms with van der Waals surface area (Å²) in [7, 11) is 0. The Hall–Kier alpha value is -2.24. The predicted octanol–water partition coefficient (Wildman–Crippen LogP) is 0.792. The summed E-state index contributed by atoms with van der Waals surface area (Å²) in [6, 6.07) is 5.00. The van der Waals surface area contributed by atoms with Gasteiger partial charge < -0.3 is 21.7 Å². The van der Waals surface area contributed by atoms with Gasteiger partial charge in [-0.2, -0.15) is 0 Å². The number of carbonyl (C=O) groups excluding carboxylic acids is 2. The molecule has 2 amide bonds. The van der Waals surface area contributed by atoms with Crippen LogP contribution in [-0.4, -0.2) is 36.3 Å². The number of nitrogen functional groups attached to an aromatic ring is 1. The smallest absolute Gasteiger partial charge is 0.250 e. The molecule has 108 valence electrons. The van der Waals surface area contributed by atoms with Crippen LogP contribution < -0.4 is 16.8 Å². The first-order chi connectivity index (χ1) is 9.58. The van der Waals surface area contributed by atoms with Crippen LogP contribution in [0.3, 0.4) is 0 Å². The van der Waals surface area contributed by atoms with E-state index in [1.54, 1.807) is 18.2 Å². The predicted molar refractivity (Wildman–Crippen MR) is 78.3 cm³/mol. The van der Waals surface area contributed by atoms with Crippen molar-refractivity contribution in [1.82, 2.24) is 4.90 Å². The van der Waals surface area contributed by atoms with Crippen molar-refractivity contribution in [3.05, 3.63) is 23.8 Å². The van der Waals surface area contributed by atoms with Gasteiger partial charge in [-0.15, -0.1) is 0 Å². The molecule has 0 unspecified atom stereocenters. The SMILES string of the molecule is NC(=O)c1cc(NCCC(=O)N2CCCC2)ccc1N. The number of nitrogens with two attached hydrogens (primary N) is 2. The summed E-state index contributed by atoms with van der Waals surface area (Å²) in [5.74, 6) is -0.389. The van der Waals surface area contributed by atoms with Crippen molar-refractivity contribution in [2.75, 3.05) is 30.7 Å². The first-order valence-electron chi connectivity index (χ1n) is 6.79. The van der Waals surface area contributed by atoms with E-state index in [-0.39, 0.29) is 5.91 Å². The zero-order chi connectivity index (χ0) is 14.5. The second-order valence-corrected chi connectivity index (χ2v) is 4.93. The van der Waals surface area contributed by atoms with Crippen LogP contribution in [-0.2, 0) is 4.79 Å². The molecule has 1 aromatic carbocycles. The highest BCUT2D eigenvalue weighted by Gasteiger charge is 2.17. The standard InChI is InChI=1S/C14H20N4O2/c15-12-4-3-10(9-11(12)14(16)20)17-6-5-13(19)18-7-1-2-8-18/h3-4,9,17H,1-2,5-8,15H2,(H2,16,20). The van der Waals surface area contributed by atoms with Crippen LogP contribution in [0.1, 0.15) is 29.6 Å². The summed E-state index contributed by atoms with van der Waals surface area (Å²) < 4.78 is 0. The van der Waals surface area contributed by atoms with Gasteiger partial charge >= 0.3 is 0 Å². The van der Waals surface area contributed by atoms with E-state index in [9.17, 15) is 9.59 Å². The molecule has 6 heteroatoms. The van der Waals surface area contributed by atoms with E-state index in [1.807, 2.05) is 4.90 Å². The Morgan fingerprint density at radius 3 is 2.60 bits per heavy atom. The van der Waals surface area contributed by atoms with Crippen LogP contribution in [0.2, 0.25) is 0 Å². The van der Waals surface area contributed by atoms with Crippen LogP contribution in [0.25, 0.3) is 0 Å². The fourth-order valence-electron chi connectivity index (χ4n) is 2.32. The first-order valence-corrected chi connectivity index (χ1v) is 6.79. The molecule has 6 nitrogen and oxygen atoms in total. The Morgan fingerprint density at radius 1 is 1.25 bits per heavy atom. The van der Waals surface area contributed by atoms with Gasteiger partial charge in [0.1, 0.15) is 0 Å². The van der Waals surface area contributed by atoms with Gasteiger partial charge in [0.25, 0.3) is 5.91 Å². The summed E-state index contributed by atoms with van der Waals surface area (Å²) in [4.78, 5) is 24.9. The summed E-state index contributed by atoms with van der Waals surface area (Å²) in [5.41, 5.74) is 12.3. The average molecular weight is 276 g/mol. The number of nitrogens with one attached hydrogen (secondary N) is 1. The summed E-state index contributed by atoms with van der Waals surface area (Å²) in [5, 5.41) is 3.11. The maximum atomic E-state index is 11.9. The molecule has 1 aromatic rings. The average Bonchev–Trinajstić information content (AvgIpc) is 2.94. The summed E-state index contributed by atoms with van der Waals surface area (Å²) >= 11 is 0. The quantitative estimate of drug-likeness (QED) is 0.692. The van der Waals surface area contributed by atoms with Crippen molar-refractivity contribution < 1.29 is 9.59 Å². The minimum absolute atomic E-state index is 0.167. The van der Waals surface area contributed by atoms with Crippen molar-refractivity contribution >= 4 is 23.2 Å². The third kappa shape index (κ3) is 3.40. The molecule has 0 aromatic heterocycles. The molecule has 1 aliphatic rings. The molecule has 1 heterocycles. The van der Waals surface area contributed by atoms with E-state index in [1.165, 1.54) is 0 Å². The number of likely N-dealkylation sites (tertiary alicyclic amines) is 1. The maximum absolute atomic E-state index is 11.9. The summed E-state index contributed by atoms with van der Waals surface area (Å²) in [6.07, 6.45) is 2.63. The number of primary amides is 1. The normalized spacial score (nSPS) is 14.3. The lowest BCUT2D eigenvalue weighted by atomic mass is 10.1. The van der Waals surface area contributed by atoms with E-state index in [4.69, 9.17) is 11.5 Å². The van der Waals surface area contributed by atoms with Gasteiger partial charge in [0.05, 0.1) is 5.56 Å². The molecule has 20 heavy (non-hydrogen) atoms. The van der Waals surface area contributed by atoms with Crippen LogP contribution in [0.4, 0.5) is 11.4 Å². The molecule has 1 aliphatic heterocycles. The van der Waals surface area contributed by atoms with Gasteiger partial charge in [-0.1, -0.05) is 0 Å². The highest BCUT2D eigenvalue weighted by atomic mass is 16.2. The second kappa shape index (κ2) is 6.27. The van der Waals surface area contributed by atoms with Crippen molar-refractivity contribution in [2.45, 2.75) is 19.3 Å². The van der Waals surface area contributed by atoms with Gasteiger partial charge in [-0.05, 0) is 31.0 Å². The van der Waals surface area contributed by atoms with Crippen LogP contribution in [0.15, 0.2) is 18.2 Å². The third-order valence-electron chi connectivity index (χ3n) is 3.45. The Balaban J connectivity index is 1.86. The molecule has 0 atom stereocenters. The third-order valence-corrected chi connectivity index (χ3v) is 3.45. The fourth-order valence-corrected chi connectivity index (χ4v) is 2.32. The number of benzene rings is 1. The molecule has 5 N–H and O–H groups in total. The zero-order valence-corrected chi connectivity index (χ0v) is 11.4. The minimum Gasteiger partial charge on any atom is -0.398 e. The molecule has 2 rings (SSSR count). The highest BCUT2D eigenvalue weighted by Crippen LogP contribution is 2.17. The van der Waals surface area contributed by atoms with Crippen LogP contribution in [0, 0.1) is 0 Å². The van der Waals surface area contributed by atoms with Gasteiger partial charge in [-0.3, -0.25) is 9.59 Å². The van der Waals surface area contributed by atoms with E-state index in [0.29, 0.717) is 24.2 Å². The lowest BCUT2D eigenvalue weighted by Crippen LogP contribution is -2.29. The van der Waals surface area contributed by atoms with Crippen LogP contribution >= 0.6 is 0 Å². The molecule has 0 bridgehead atoms. The number of amides is 2. The Kier molecular flexibility index (Phi) is 4.45. The minimum atomic E-state index is -0.556. The maximum Gasteiger partial charge on any atom is 0.250 e. The largest absolute Gasteiger partial charge is 0.398 e. The van der Waals surface area contributed by atoms with Gasteiger partial charge in [-0.25, -0.2) is 0 Å². The fraction of sp³-hybridized carbons (Fsp3) is 0.429. The van der Waals surface area contributed by atoms with Crippen molar-refractivity contribution in [1.29, 1.82) is 0 Å². The molecular formula is C14H20N4O2. The Labute approximate surface area is 118 Å². The van der Waals surface area contributed by atoms with Gasteiger partial charge in [0.15, 0.2) is 0 Å². The van der Waals surface area contributed by atoms with Crippen LogP contribution in [0.5, 0.6) is 0 Å². The molecule has 1 fully saturated rings.